The Labute approximate surface area is 86.3 Å². The molecule has 1 rings (SSSR count). The Bertz CT molecular complexity index is 196. The van der Waals surface area contributed by atoms with E-state index in [2.05, 4.69) is 29.6 Å². The van der Waals surface area contributed by atoms with E-state index in [0.717, 1.165) is 25.5 Å². The molecule has 4 N–H and O–H groups in total. The third-order valence-electron chi connectivity index (χ3n) is 2.86. The highest BCUT2D eigenvalue weighted by molar-refractivity contribution is 5.79. The standard InChI is InChI=1S/C10H22N4/c1-3-7-12-9(14-11)13-8-10(2)5-4-6-10/h3-8,11H2,1-2H3,(H2,12,13,14). The van der Waals surface area contributed by atoms with E-state index in [1.165, 1.54) is 19.3 Å². The van der Waals surface area contributed by atoms with Gasteiger partial charge in [-0.05, 0) is 24.7 Å². The van der Waals surface area contributed by atoms with E-state index in [1.807, 2.05) is 0 Å². The van der Waals surface area contributed by atoms with Gasteiger partial charge in [0.25, 0.3) is 0 Å². The van der Waals surface area contributed by atoms with Crippen molar-refractivity contribution in [3.8, 4) is 0 Å². The third-order valence-corrected chi connectivity index (χ3v) is 2.86. The van der Waals surface area contributed by atoms with Gasteiger partial charge in [0.1, 0.15) is 0 Å². The maximum absolute atomic E-state index is 5.36. The van der Waals surface area contributed by atoms with Crippen LogP contribution in [0, 0.1) is 5.41 Å². The van der Waals surface area contributed by atoms with Gasteiger partial charge >= 0.3 is 0 Å². The molecule has 0 bridgehead atoms. The average molecular weight is 198 g/mol. The van der Waals surface area contributed by atoms with Crippen LogP contribution in [0.3, 0.4) is 0 Å². The monoisotopic (exact) mass is 198 g/mol. The van der Waals surface area contributed by atoms with Crippen molar-refractivity contribution in [2.24, 2.45) is 16.3 Å². The summed E-state index contributed by atoms with van der Waals surface area (Å²) in [5, 5.41) is 3.15. The summed E-state index contributed by atoms with van der Waals surface area (Å²) < 4.78 is 0. The minimum Gasteiger partial charge on any atom is -0.355 e. The predicted octanol–water partition coefficient (Wildman–Crippen LogP) is 0.995. The van der Waals surface area contributed by atoms with Crippen LogP contribution in [-0.2, 0) is 0 Å². The van der Waals surface area contributed by atoms with Crippen LogP contribution in [0.1, 0.15) is 39.5 Å². The first-order valence-electron chi connectivity index (χ1n) is 5.45. The molecule has 0 aromatic heterocycles. The summed E-state index contributed by atoms with van der Waals surface area (Å²) in [4.78, 5) is 4.44. The molecule has 4 heteroatoms. The summed E-state index contributed by atoms with van der Waals surface area (Å²) in [6.07, 6.45) is 5.02. The molecule has 0 amide bonds. The summed E-state index contributed by atoms with van der Waals surface area (Å²) >= 11 is 0. The summed E-state index contributed by atoms with van der Waals surface area (Å²) in [6, 6.07) is 0. The maximum atomic E-state index is 5.36. The molecule has 0 heterocycles. The largest absolute Gasteiger partial charge is 0.355 e. The number of nitrogens with zero attached hydrogens (tertiary/aromatic N) is 1. The van der Waals surface area contributed by atoms with Gasteiger partial charge in [0.2, 0.25) is 5.96 Å². The lowest BCUT2D eigenvalue weighted by atomic mass is 9.71. The molecule has 14 heavy (non-hydrogen) atoms. The van der Waals surface area contributed by atoms with Crippen LogP contribution in [0.2, 0.25) is 0 Å². The molecule has 0 spiro atoms. The second-order valence-electron chi connectivity index (χ2n) is 4.40. The zero-order chi connectivity index (χ0) is 10.4. The third kappa shape index (κ3) is 3.18. The Morgan fingerprint density at radius 2 is 2.21 bits per heavy atom. The van der Waals surface area contributed by atoms with E-state index in [9.17, 15) is 0 Å². The second kappa shape index (κ2) is 5.20. The maximum Gasteiger partial charge on any atom is 0.205 e. The number of hydrazine groups is 1. The van der Waals surface area contributed by atoms with Crippen LogP contribution >= 0.6 is 0 Å². The fourth-order valence-corrected chi connectivity index (χ4v) is 1.60. The van der Waals surface area contributed by atoms with Gasteiger partial charge in [-0.2, -0.15) is 0 Å². The van der Waals surface area contributed by atoms with Crippen LogP contribution in [-0.4, -0.2) is 19.0 Å². The van der Waals surface area contributed by atoms with Crippen molar-refractivity contribution >= 4 is 5.96 Å². The zero-order valence-corrected chi connectivity index (χ0v) is 9.27. The van der Waals surface area contributed by atoms with Gasteiger partial charge in [0.15, 0.2) is 0 Å². The van der Waals surface area contributed by atoms with Gasteiger partial charge in [0.05, 0.1) is 0 Å². The van der Waals surface area contributed by atoms with Gasteiger partial charge in [-0.15, -0.1) is 0 Å². The summed E-state index contributed by atoms with van der Waals surface area (Å²) in [5.41, 5.74) is 3.02. The highest BCUT2D eigenvalue weighted by Gasteiger charge is 2.31. The molecule has 0 radical (unpaired) electrons. The molecule has 1 saturated carbocycles. The number of nitrogens with two attached hydrogens (primary N) is 1. The van der Waals surface area contributed by atoms with Gasteiger partial charge < -0.3 is 5.32 Å². The molecule has 0 aromatic carbocycles. The Morgan fingerprint density at radius 1 is 1.50 bits per heavy atom. The lowest BCUT2D eigenvalue weighted by Gasteiger charge is -2.36. The topological polar surface area (TPSA) is 62.4 Å². The summed E-state index contributed by atoms with van der Waals surface area (Å²) in [7, 11) is 0. The molecule has 4 nitrogen and oxygen atoms in total. The molecule has 0 atom stereocenters. The van der Waals surface area contributed by atoms with E-state index in [-0.39, 0.29) is 0 Å². The normalized spacial score (nSPS) is 20.1. The summed E-state index contributed by atoms with van der Waals surface area (Å²) in [5.74, 6) is 6.08. The van der Waals surface area contributed by atoms with Gasteiger partial charge in [-0.1, -0.05) is 20.3 Å². The van der Waals surface area contributed by atoms with Crippen molar-refractivity contribution in [2.45, 2.75) is 39.5 Å². The van der Waals surface area contributed by atoms with Crippen molar-refractivity contribution < 1.29 is 0 Å². The highest BCUT2D eigenvalue weighted by Crippen LogP contribution is 2.40. The summed E-state index contributed by atoms with van der Waals surface area (Å²) in [6.45, 7) is 6.20. The van der Waals surface area contributed by atoms with Gasteiger partial charge in [0, 0.05) is 13.1 Å². The Hall–Kier alpha value is -0.770. The first-order valence-corrected chi connectivity index (χ1v) is 5.45. The molecule has 1 aliphatic carbocycles. The lowest BCUT2D eigenvalue weighted by molar-refractivity contribution is 0.173. The molecule has 0 aliphatic heterocycles. The number of aliphatic imine (C=N–C) groups is 1. The molecule has 0 unspecified atom stereocenters. The molecule has 82 valence electrons. The number of nitrogens with one attached hydrogen (secondary N) is 2. The van der Waals surface area contributed by atoms with E-state index >= 15 is 0 Å². The predicted molar refractivity (Wildman–Crippen MR) is 59.9 cm³/mol. The Balaban J connectivity index is 2.31. The zero-order valence-electron chi connectivity index (χ0n) is 9.27. The first kappa shape index (κ1) is 11.3. The van der Waals surface area contributed by atoms with Crippen molar-refractivity contribution in [3.63, 3.8) is 0 Å². The number of guanidine groups is 1. The smallest absolute Gasteiger partial charge is 0.205 e. The quantitative estimate of drug-likeness (QED) is 0.273. The molecule has 0 aromatic rings. The first-order chi connectivity index (χ1) is 6.70. The lowest BCUT2D eigenvalue weighted by Crippen LogP contribution is -2.43. The fourth-order valence-electron chi connectivity index (χ4n) is 1.60. The van der Waals surface area contributed by atoms with E-state index < -0.39 is 0 Å². The fraction of sp³-hybridized carbons (Fsp3) is 0.900. The number of rotatable bonds is 4. The van der Waals surface area contributed by atoms with E-state index in [0.29, 0.717) is 5.41 Å². The van der Waals surface area contributed by atoms with Gasteiger partial charge in [-0.3, -0.25) is 10.4 Å². The Morgan fingerprint density at radius 3 is 2.64 bits per heavy atom. The van der Waals surface area contributed by atoms with Crippen molar-refractivity contribution in [1.82, 2.24) is 10.7 Å². The molecular weight excluding hydrogens is 176 g/mol. The molecule has 0 saturated heterocycles. The van der Waals surface area contributed by atoms with Crippen molar-refractivity contribution in [1.29, 1.82) is 0 Å². The minimum absolute atomic E-state index is 0.427. The number of hydrogen-bond acceptors (Lipinski definition) is 2. The second-order valence-corrected chi connectivity index (χ2v) is 4.40. The van der Waals surface area contributed by atoms with Crippen LogP contribution in [0.5, 0.6) is 0 Å². The molecular formula is C10H22N4. The van der Waals surface area contributed by atoms with Crippen LogP contribution < -0.4 is 16.6 Å². The van der Waals surface area contributed by atoms with Crippen LogP contribution in [0.4, 0.5) is 0 Å². The minimum atomic E-state index is 0.427. The van der Waals surface area contributed by atoms with E-state index in [4.69, 9.17) is 5.84 Å². The van der Waals surface area contributed by atoms with Crippen molar-refractivity contribution in [3.05, 3.63) is 0 Å². The Kier molecular flexibility index (Phi) is 4.20. The molecule has 1 fully saturated rings. The van der Waals surface area contributed by atoms with Crippen LogP contribution in [0.25, 0.3) is 0 Å². The van der Waals surface area contributed by atoms with Gasteiger partial charge in [-0.25, -0.2) is 5.84 Å². The average Bonchev–Trinajstić information content (AvgIpc) is 2.15. The van der Waals surface area contributed by atoms with Crippen LogP contribution in [0.15, 0.2) is 4.99 Å². The molecule has 1 aliphatic rings. The van der Waals surface area contributed by atoms with Crippen molar-refractivity contribution in [2.75, 3.05) is 13.1 Å². The van der Waals surface area contributed by atoms with E-state index in [1.54, 1.807) is 0 Å². The highest BCUT2D eigenvalue weighted by atomic mass is 15.3. The number of hydrogen-bond donors (Lipinski definition) is 3. The SMILES string of the molecule is CCCNC(=NCC1(C)CCC1)NN.